The summed E-state index contributed by atoms with van der Waals surface area (Å²) in [5, 5.41) is 6.20. The molecule has 0 bridgehead atoms. The number of nitrogens with one attached hydrogen (secondary N) is 2. The van der Waals surface area contributed by atoms with Gasteiger partial charge in [0.1, 0.15) is 0 Å². The number of nitrogens with zero attached hydrogens (tertiary/aromatic N) is 1. The van der Waals surface area contributed by atoms with Crippen LogP contribution in [0.2, 0.25) is 0 Å². The smallest absolute Gasteiger partial charge is 0.220 e. The van der Waals surface area contributed by atoms with Crippen LogP contribution in [0.5, 0.6) is 0 Å². The topological polar surface area (TPSA) is 63.2 Å². The van der Waals surface area contributed by atoms with Crippen molar-refractivity contribution in [1.29, 1.82) is 0 Å². The van der Waals surface area contributed by atoms with Gasteiger partial charge in [-0.1, -0.05) is 0 Å². The molecule has 2 N–H and O–H groups in total. The number of hydrogen-bond acceptors (Lipinski definition) is 4. The third kappa shape index (κ3) is 5.67. The predicted octanol–water partition coefficient (Wildman–Crippen LogP) is 0.899. The molecule has 0 atom stereocenters. The number of amides is 1. The molecule has 2 heterocycles. The second kappa shape index (κ2) is 8.66. The van der Waals surface area contributed by atoms with Crippen LogP contribution in [0.25, 0.3) is 0 Å². The van der Waals surface area contributed by atoms with Crippen LogP contribution in [0.4, 0.5) is 0 Å². The summed E-state index contributed by atoms with van der Waals surface area (Å²) in [6, 6.07) is 3.88. The Balaban J connectivity index is 1.51. The number of piperidine rings is 1. The Labute approximate surface area is 120 Å². The largest absolute Gasteiger partial charge is 0.376 e. The molecular weight excluding hydrogens is 254 g/mol. The normalized spacial score (nSPS) is 16.0. The van der Waals surface area contributed by atoms with Crippen LogP contribution in [0.1, 0.15) is 24.8 Å². The van der Waals surface area contributed by atoms with Crippen LogP contribution < -0.4 is 10.6 Å². The fourth-order valence-corrected chi connectivity index (χ4v) is 2.27. The minimum Gasteiger partial charge on any atom is -0.376 e. The average Bonchev–Trinajstić information content (AvgIpc) is 2.52. The first-order valence-electron chi connectivity index (χ1n) is 7.32. The van der Waals surface area contributed by atoms with E-state index >= 15 is 0 Å². The van der Waals surface area contributed by atoms with Gasteiger partial charge in [-0.15, -0.1) is 0 Å². The molecule has 1 aliphatic rings. The predicted molar refractivity (Wildman–Crippen MR) is 77.4 cm³/mol. The van der Waals surface area contributed by atoms with Crippen LogP contribution in [0.3, 0.4) is 0 Å². The second-order valence-electron chi connectivity index (χ2n) is 5.03. The molecule has 5 nitrogen and oxygen atoms in total. The maximum absolute atomic E-state index is 11.7. The van der Waals surface area contributed by atoms with Crippen molar-refractivity contribution in [3.05, 3.63) is 30.1 Å². The van der Waals surface area contributed by atoms with Gasteiger partial charge in [0.05, 0.1) is 12.7 Å². The molecule has 0 saturated carbocycles. The number of ether oxygens (including phenoxy) is 1. The van der Waals surface area contributed by atoms with Gasteiger partial charge in [0, 0.05) is 25.4 Å². The van der Waals surface area contributed by atoms with E-state index in [9.17, 15) is 4.79 Å². The third-order valence-electron chi connectivity index (χ3n) is 3.45. The van der Waals surface area contributed by atoms with E-state index in [0.717, 1.165) is 37.9 Å². The molecule has 0 aliphatic carbocycles. The van der Waals surface area contributed by atoms with Crippen LogP contribution in [-0.4, -0.2) is 43.2 Å². The molecule has 110 valence electrons. The number of aryl methyl sites for hydroxylation is 1. The number of carbonyl (C=O) groups excluding carboxylic acids is 1. The van der Waals surface area contributed by atoms with Crippen molar-refractivity contribution >= 4 is 5.91 Å². The molecule has 0 unspecified atom stereocenters. The SMILES string of the molecule is O=C(CCc1ccncc1)NCCOC1CCNCC1. The molecule has 1 aromatic rings. The summed E-state index contributed by atoms with van der Waals surface area (Å²) < 4.78 is 5.73. The van der Waals surface area contributed by atoms with Crippen molar-refractivity contribution in [3.8, 4) is 0 Å². The molecule has 1 amide bonds. The first-order valence-corrected chi connectivity index (χ1v) is 7.32. The summed E-state index contributed by atoms with van der Waals surface area (Å²) in [6.45, 7) is 3.26. The molecule has 1 aromatic heterocycles. The zero-order chi connectivity index (χ0) is 14.0. The van der Waals surface area contributed by atoms with Crippen molar-refractivity contribution in [2.75, 3.05) is 26.2 Å². The maximum atomic E-state index is 11.7. The highest BCUT2D eigenvalue weighted by Gasteiger charge is 2.12. The lowest BCUT2D eigenvalue weighted by Crippen LogP contribution is -2.34. The third-order valence-corrected chi connectivity index (χ3v) is 3.45. The summed E-state index contributed by atoms with van der Waals surface area (Å²) in [4.78, 5) is 15.6. The molecular formula is C15H23N3O2. The Morgan fingerprint density at radius 3 is 2.85 bits per heavy atom. The van der Waals surface area contributed by atoms with E-state index in [2.05, 4.69) is 15.6 Å². The number of carbonyl (C=O) groups is 1. The maximum Gasteiger partial charge on any atom is 0.220 e. The number of aromatic nitrogens is 1. The summed E-state index contributed by atoms with van der Waals surface area (Å²) in [5.41, 5.74) is 1.14. The van der Waals surface area contributed by atoms with E-state index in [1.165, 1.54) is 0 Å². The molecule has 0 spiro atoms. The molecule has 1 aliphatic heterocycles. The standard InChI is InChI=1S/C15H23N3O2/c19-15(2-1-13-3-7-16-8-4-13)18-11-12-20-14-5-9-17-10-6-14/h3-4,7-8,14,17H,1-2,5-6,9-12H2,(H,18,19). The van der Waals surface area contributed by atoms with Gasteiger partial charge < -0.3 is 15.4 Å². The van der Waals surface area contributed by atoms with Gasteiger partial charge in [-0.05, 0) is 50.0 Å². The van der Waals surface area contributed by atoms with Gasteiger partial charge in [-0.25, -0.2) is 0 Å². The number of rotatable bonds is 7. The lowest BCUT2D eigenvalue weighted by atomic mass is 10.1. The first-order chi connectivity index (χ1) is 9.84. The van der Waals surface area contributed by atoms with Crippen molar-refractivity contribution in [3.63, 3.8) is 0 Å². The van der Waals surface area contributed by atoms with Crippen molar-refractivity contribution in [2.24, 2.45) is 0 Å². The van der Waals surface area contributed by atoms with Crippen molar-refractivity contribution in [2.45, 2.75) is 31.8 Å². The Bertz CT molecular complexity index is 391. The van der Waals surface area contributed by atoms with E-state index in [4.69, 9.17) is 4.74 Å². The molecule has 2 rings (SSSR count). The quantitative estimate of drug-likeness (QED) is 0.727. The van der Waals surface area contributed by atoms with Crippen molar-refractivity contribution in [1.82, 2.24) is 15.6 Å². The average molecular weight is 277 g/mol. The Kier molecular flexibility index (Phi) is 6.47. The van der Waals surface area contributed by atoms with Gasteiger partial charge in [0.15, 0.2) is 0 Å². The zero-order valence-electron chi connectivity index (χ0n) is 11.8. The Morgan fingerprint density at radius 1 is 1.35 bits per heavy atom. The summed E-state index contributed by atoms with van der Waals surface area (Å²) in [7, 11) is 0. The van der Waals surface area contributed by atoms with Crippen LogP contribution in [0, 0.1) is 0 Å². The second-order valence-corrected chi connectivity index (χ2v) is 5.03. The van der Waals surface area contributed by atoms with Crippen LogP contribution in [0.15, 0.2) is 24.5 Å². The zero-order valence-corrected chi connectivity index (χ0v) is 11.8. The van der Waals surface area contributed by atoms with Crippen LogP contribution >= 0.6 is 0 Å². The Hall–Kier alpha value is -1.46. The summed E-state index contributed by atoms with van der Waals surface area (Å²) >= 11 is 0. The number of pyridine rings is 1. The van der Waals surface area contributed by atoms with Crippen molar-refractivity contribution < 1.29 is 9.53 Å². The van der Waals surface area contributed by atoms with E-state index < -0.39 is 0 Å². The highest BCUT2D eigenvalue weighted by molar-refractivity contribution is 5.76. The fourth-order valence-electron chi connectivity index (χ4n) is 2.27. The highest BCUT2D eigenvalue weighted by Crippen LogP contribution is 2.06. The van der Waals surface area contributed by atoms with E-state index in [1.807, 2.05) is 12.1 Å². The van der Waals surface area contributed by atoms with Gasteiger partial charge >= 0.3 is 0 Å². The lowest BCUT2D eigenvalue weighted by Gasteiger charge is -2.22. The van der Waals surface area contributed by atoms with Gasteiger partial charge in [0.2, 0.25) is 5.91 Å². The molecule has 0 radical (unpaired) electrons. The summed E-state index contributed by atoms with van der Waals surface area (Å²) in [5.74, 6) is 0.0794. The fraction of sp³-hybridized carbons (Fsp3) is 0.600. The lowest BCUT2D eigenvalue weighted by molar-refractivity contribution is -0.121. The monoisotopic (exact) mass is 277 g/mol. The number of hydrogen-bond donors (Lipinski definition) is 2. The van der Waals surface area contributed by atoms with Gasteiger partial charge in [-0.3, -0.25) is 9.78 Å². The molecule has 20 heavy (non-hydrogen) atoms. The molecule has 1 saturated heterocycles. The summed E-state index contributed by atoms with van der Waals surface area (Å²) in [6.07, 6.45) is 7.25. The van der Waals surface area contributed by atoms with E-state index in [1.54, 1.807) is 12.4 Å². The minimum atomic E-state index is 0.0794. The van der Waals surface area contributed by atoms with E-state index in [-0.39, 0.29) is 5.91 Å². The first kappa shape index (κ1) is 14.9. The molecule has 0 aromatic carbocycles. The van der Waals surface area contributed by atoms with Gasteiger partial charge in [-0.2, -0.15) is 0 Å². The Morgan fingerprint density at radius 2 is 2.10 bits per heavy atom. The van der Waals surface area contributed by atoms with Crippen LogP contribution in [-0.2, 0) is 16.0 Å². The van der Waals surface area contributed by atoms with E-state index in [0.29, 0.717) is 25.7 Å². The highest BCUT2D eigenvalue weighted by atomic mass is 16.5. The molecule has 5 heteroatoms. The molecule has 1 fully saturated rings. The minimum absolute atomic E-state index is 0.0794. The van der Waals surface area contributed by atoms with Gasteiger partial charge in [0.25, 0.3) is 0 Å².